The third-order valence-corrected chi connectivity index (χ3v) is 8.19. The van der Waals surface area contributed by atoms with Crippen molar-refractivity contribution in [2.75, 3.05) is 11.4 Å². The lowest BCUT2D eigenvalue weighted by molar-refractivity contribution is 0.544. The van der Waals surface area contributed by atoms with Crippen LogP contribution in [-0.4, -0.2) is 31.3 Å². The molecule has 33 heavy (non-hydrogen) atoms. The van der Waals surface area contributed by atoms with Crippen LogP contribution in [0.25, 0.3) is 16.2 Å². The molecule has 3 aromatic heterocycles. The van der Waals surface area contributed by atoms with E-state index < -0.39 is 17.2 Å². The van der Waals surface area contributed by atoms with Gasteiger partial charge >= 0.3 is 0 Å². The molecule has 7 rings (SSSR count). The van der Waals surface area contributed by atoms with Gasteiger partial charge in [-0.3, -0.25) is 0 Å². The van der Waals surface area contributed by atoms with Crippen LogP contribution >= 0.6 is 11.3 Å². The van der Waals surface area contributed by atoms with E-state index in [0.717, 1.165) is 36.8 Å². The van der Waals surface area contributed by atoms with Gasteiger partial charge in [0.25, 0.3) is 0 Å². The van der Waals surface area contributed by atoms with Gasteiger partial charge in [-0.1, -0.05) is 11.3 Å². The van der Waals surface area contributed by atoms with Crippen LogP contribution in [0.15, 0.2) is 30.5 Å². The molecular formula is C23H17F2N7S. The Hall–Kier alpha value is -3.45. The maximum absolute atomic E-state index is 14.8. The monoisotopic (exact) mass is 461 g/mol. The number of hydrogen-bond acceptors (Lipinski definition) is 7. The second-order valence-electron chi connectivity index (χ2n) is 9.00. The molecule has 0 amide bonds. The summed E-state index contributed by atoms with van der Waals surface area (Å²) < 4.78 is 30.4. The van der Waals surface area contributed by atoms with Gasteiger partial charge in [0.05, 0.1) is 11.1 Å². The highest BCUT2D eigenvalue weighted by molar-refractivity contribution is 7.14. The van der Waals surface area contributed by atoms with Crippen LogP contribution in [0.5, 0.6) is 0 Å². The van der Waals surface area contributed by atoms with Gasteiger partial charge in [0.1, 0.15) is 28.5 Å². The molecule has 10 heteroatoms. The van der Waals surface area contributed by atoms with Gasteiger partial charge < -0.3 is 4.90 Å². The molecule has 7 nitrogen and oxygen atoms in total. The van der Waals surface area contributed by atoms with Crippen LogP contribution in [0.2, 0.25) is 0 Å². The van der Waals surface area contributed by atoms with Crippen molar-refractivity contribution in [2.45, 2.75) is 37.1 Å². The third-order valence-electron chi connectivity index (χ3n) is 7.08. The van der Waals surface area contributed by atoms with Gasteiger partial charge in [-0.05, 0) is 55.9 Å². The molecule has 2 atom stereocenters. The average molecular weight is 462 g/mol. The average Bonchev–Trinajstić information content (AvgIpc) is 3.66. The van der Waals surface area contributed by atoms with Crippen LogP contribution in [0.4, 0.5) is 14.6 Å². The zero-order chi connectivity index (χ0) is 22.3. The normalized spacial score (nSPS) is 23.7. The van der Waals surface area contributed by atoms with E-state index in [1.807, 2.05) is 6.07 Å². The first-order chi connectivity index (χ1) is 16.1. The second-order valence-corrected chi connectivity index (χ2v) is 10.0. The Labute approximate surface area is 191 Å². The van der Waals surface area contributed by atoms with Crippen LogP contribution in [0.1, 0.15) is 47.9 Å². The SMILES string of the molecule is N#Cc1nn2ccc(N3CC[C@H]4C[C@]43c3cc(F)ccc3F)nc2c1-c1nnc(C2CC2)s1. The quantitative estimate of drug-likeness (QED) is 0.448. The fourth-order valence-electron chi connectivity index (χ4n) is 5.27. The Bertz CT molecular complexity index is 1480. The molecular weight excluding hydrogens is 444 g/mol. The van der Waals surface area contributed by atoms with E-state index in [0.29, 0.717) is 40.1 Å². The van der Waals surface area contributed by atoms with Crippen LogP contribution in [0.3, 0.4) is 0 Å². The van der Waals surface area contributed by atoms with Crippen molar-refractivity contribution >= 4 is 22.8 Å². The number of piperidine rings is 1. The molecule has 164 valence electrons. The number of rotatable bonds is 4. The number of benzene rings is 1. The van der Waals surface area contributed by atoms with E-state index in [2.05, 4.69) is 26.3 Å². The molecule has 4 aromatic rings. The lowest BCUT2D eigenvalue weighted by atomic mass is 10.0. The Morgan fingerprint density at radius 3 is 2.82 bits per heavy atom. The summed E-state index contributed by atoms with van der Waals surface area (Å²) in [6, 6.07) is 7.63. The summed E-state index contributed by atoms with van der Waals surface area (Å²) in [5.41, 5.74) is 1.13. The van der Waals surface area contributed by atoms with Crippen LogP contribution in [-0.2, 0) is 5.54 Å². The van der Waals surface area contributed by atoms with Gasteiger partial charge in [-0.25, -0.2) is 18.3 Å². The van der Waals surface area contributed by atoms with Crippen molar-refractivity contribution in [1.29, 1.82) is 5.26 Å². The topological polar surface area (TPSA) is 83.0 Å². The van der Waals surface area contributed by atoms with E-state index >= 15 is 0 Å². The molecule has 1 aromatic carbocycles. The number of aromatic nitrogens is 5. The van der Waals surface area contributed by atoms with Crippen molar-refractivity contribution in [3.05, 3.63) is 58.4 Å². The number of fused-ring (bicyclic) bond motifs is 2. The minimum atomic E-state index is -0.586. The molecule has 1 aliphatic heterocycles. The highest BCUT2D eigenvalue weighted by atomic mass is 32.1. The molecule has 0 radical (unpaired) electrons. The molecule has 0 spiro atoms. The predicted octanol–water partition coefficient (Wildman–Crippen LogP) is 4.40. The first-order valence-electron chi connectivity index (χ1n) is 10.9. The Morgan fingerprint density at radius 1 is 1.15 bits per heavy atom. The van der Waals surface area contributed by atoms with Gasteiger partial charge in [-0.2, -0.15) is 10.4 Å². The highest BCUT2D eigenvalue weighted by Crippen LogP contribution is 2.63. The number of nitriles is 1. The minimum absolute atomic E-state index is 0.245. The van der Waals surface area contributed by atoms with E-state index in [1.54, 1.807) is 10.7 Å². The molecule has 0 bridgehead atoms. The second kappa shape index (κ2) is 6.54. The summed E-state index contributed by atoms with van der Waals surface area (Å²) in [6.45, 7) is 0.697. The predicted molar refractivity (Wildman–Crippen MR) is 117 cm³/mol. The van der Waals surface area contributed by atoms with E-state index in [4.69, 9.17) is 4.98 Å². The minimum Gasteiger partial charge on any atom is -0.346 e. The molecule has 2 aliphatic carbocycles. The van der Waals surface area contributed by atoms with Gasteiger partial charge in [0.15, 0.2) is 16.3 Å². The van der Waals surface area contributed by atoms with Crippen LogP contribution < -0.4 is 4.90 Å². The Kier molecular flexibility index (Phi) is 3.78. The van der Waals surface area contributed by atoms with E-state index in [1.165, 1.54) is 23.5 Å². The molecule has 3 aliphatic rings. The number of hydrogen-bond donors (Lipinski definition) is 0. The number of nitrogens with zero attached hydrogens (tertiary/aromatic N) is 7. The lowest BCUT2D eigenvalue weighted by Crippen LogP contribution is -2.34. The molecule has 2 saturated carbocycles. The first-order valence-corrected chi connectivity index (χ1v) is 11.8. The summed E-state index contributed by atoms with van der Waals surface area (Å²) in [5, 5.41) is 24.3. The first kappa shape index (κ1) is 19.1. The zero-order valence-corrected chi connectivity index (χ0v) is 18.2. The van der Waals surface area contributed by atoms with Gasteiger partial charge in [0.2, 0.25) is 0 Å². The summed E-state index contributed by atoms with van der Waals surface area (Å²) in [4.78, 5) is 6.95. The summed E-state index contributed by atoms with van der Waals surface area (Å²) in [7, 11) is 0. The standard InChI is InChI=1S/C23H17F2N7S/c24-14-3-4-16(25)15(9-14)23-10-13(23)5-7-31(23)18-6-8-32-20(27-18)19(17(11-26)30-32)22-29-28-21(33-22)12-1-2-12/h3-4,6,8-9,12-13H,1-2,5,7,10H2/t13-,23+/m0/s1. The molecule has 4 heterocycles. The van der Waals surface area contributed by atoms with Crippen molar-refractivity contribution in [1.82, 2.24) is 24.8 Å². The van der Waals surface area contributed by atoms with Gasteiger partial charge in [-0.15, -0.1) is 10.2 Å². The Morgan fingerprint density at radius 2 is 2.03 bits per heavy atom. The Balaban J connectivity index is 1.36. The lowest BCUT2D eigenvalue weighted by Gasteiger charge is -2.30. The van der Waals surface area contributed by atoms with Crippen molar-refractivity contribution < 1.29 is 8.78 Å². The third kappa shape index (κ3) is 2.69. The summed E-state index contributed by atoms with van der Waals surface area (Å²) >= 11 is 1.48. The summed E-state index contributed by atoms with van der Waals surface area (Å²) in [6.07, 6.45) is 5.64. The summed E-state index contributed by atoms with van der Waals surface area (Å²) in [5.74, 6) is 0.537. The number of halogens is 2. The van der Waals surface area contributed by atoms with Crippen molar-refractivity contribution in [3.63, 3.8) is 0 Å². The fraction of sp³-hybridized carbons (Fsp3) is 0.348. The van der Waals surface area contributed by atoms with E-state index in [9.17, 15) is 14.0 Å². The fourth-order valence-corrected chi connectivity index (χ4v) is 6.33. The molecule has 3 fully saturated rings. The van der Waals surface area contributed by atoms with Crippen molar-refractivity contribution in [3.8, 4) is 16.6 Å². The zero-order valence-electron chi connectivity index (χ0n) is 17.4. The maximum atomic E-state index is 14.8. The van der Waals surface area contributed by atoms with Crippen molar-refractivity contribution in [2.24, 2.45) is 5.92 Å². The largest absolute Gasteiger partial charge is 0.346 e. The van der Waals surface area contributed by atoms with Gasteiger partial charge in [0, 0.05) is 24.2 Å². The van der Waals surface area contributed by atoms with Crippen LogP contribution in [0, 0.1) is 28.9 Å². The van der Waals surface area contributed by atoms with E-state index in [-0.39, 0.29) is 11.6 Å². The highest BCUT2D eigenvalue weighted by Gasteiger charge is 2.64. The maximum Gasteiger partial charge on any atom is 0.175 e. The molecule has 0 unspecified atom stereocenters. The number of anilines is 1. The molecule has 1 saturated heterocycles. The smallest absolute Gasteiger partial charge is 0.175 e. The molecule has 0 N–H and O–H groups in total.